The van der Waals surface area contributed by atoms with Gasteiger partial charge in [0.15, 0.2) is 5.78 Å². The molecule has 0 aliphatic heterocycles. The van der Waals surface area contributed by atoms with Crippen LogP contribution in [0.4, 0.5) is 5.69 Å². The molecule has 0 fully saturated rings. The van der Waals surface area contributed by atoms with Crippen LogP contribution in [0.1, 0.15) is 21.6 Å². The van der Waals surface area contributed by atoms with Crippen LogP contribution in [-0.4, -0.2) is 20.5 Å². The Bertz CT molecular complexity index is 942. The van der Waals surface area contributed by atoms with E-state index >= 15 is 0 Å². The van der Waals surface area contributed by atoms with Crippen LogP contribution < -0.4 is 0 Å². The third kappa shape index (κ3) is 3.53. The van der Waals surface area contributed by atoms with E-state index in [4.69, 9.17) is 0 Å². The summed E-state index contributed by atoms with van der Waals surface area (Å²) in [6.45, 7) is 1.84. The fourth-order valence-electron chi connectivity index (χ4n) is 2.45. The minimum atomic E-state index is -0.458. The predicted octanol–water partition coefficient (Wildman–Crippen LogP) is 3.99. The molecule has 0 unspecified atom stereocenters. The lowest BCUT2D eigenvalue weighted by atomic mass is 10.1. The molecule has 124 valence electrons. The van der Waals surface area contributed by atoms with Crippen molar-refractivity contribution in [3.05, 3.63) is 93.8 Å². The van der Waals surface area contributed by atoms with Gasteiger partial charge in [0.25, 0.3) is 5.69 Å². The number of para-hydroxylation sites is 1. The Morgan fingerprint density at radius 3 is 2.44 bits per heavy atom. The minimum absolute atomic E-state index is 0.0171. The Hall–Kier alpha value is -3.54. The van der Waals surface area contributed by atoms with Crippen molar-refractivity contribution in [3.63, 3.8) is 0 Å². The van der Waals surface area contributed by atoms with Crippen molar-refractivity contribution in [2.45, 2.75) is 6.92 Å². The van der Waals surface area contributed by atoms with Gasteiger partial charge in [0, 0.05) is 12.1 Å². The van der Waals surface area contributed by atoms with Crippen LogP contribution in [0.15, 0.2) is 66.9 Å². The highest BCUT2D eigenvalue weighted by atomic mass is 16.6. The van der Waals surface area contributed by atoms with E-state index in [9.17, 15) is 14.9 Å². The Kier molecular flexibility index (Phi) is 4.52. The van der Waals surface area contributed by atoms with Gasteiger partial charge in [-0.3, -0.25) is 14.9 Å². The van der Waals surface area contributed by atoms with E-state index in [1.807, 2.05) is 37.3 Å². The SMILES string of the molecule is Cc1c(C(=O)/C=C/c2ccc([N+](=O)[O-])cc2)cnn1-c1ccccc1. The van der Waals surface area contributed by atoms with E-state index in [0.29, 0.717) is 11.1 Å². The van der Waals surface area contributed by atoms with E-state index in [-0.39, 0.29) is 11.5 Å². The van der Waals surface area contributed by atoms with E-state index in [0.717, 1.165) is 11.4 Å². The third-order valence-corrected chi connectivity index (χ3v) is 3.81. The van der Waals surface area contributed by atoms with E-state index in [1.165, 1.54) is 18.2 Å². The molecule has 0 atom stereocenters. The van der Waals surface area contributed by atoms with Gasteiger partial charge in [0.1, 0.15) is 0 Å². The van der Waals surface area contributed by atoms with Crippen LogP contribution in [0.3, 0.4) is 0 Å². The maximum atomic E-state index is 12.4. The van der Waals surface area contributed by atoms with Crippen LogP contribution in [0, 0.1) is 17.0 Å². The van der Waals surface area contributed by atoms with Gasteiger partial charge in [-0.05, 0) is 42.8 Å². The van der Waals surface area contributed by atoms with E-state index in [2.05, 4.69) is 5.10 Å². The number of allylic oxidation sites excluding steroid dienone is 1. The third-order valence-electron chi connectivity index (χ3n) is 3.81. The molecule has 25 heavy (non-hydrogen) atoms. The van der Waals surface area contributed by atoms with Gasteiger partial charge in [-0.15, -0.1) is 0 Å². The zero-order chi connectivity index (χ0) is 17.8. The summed E-state index contributed by atoms with van der Waals surface area (Å²) in [4.78, 5) is 22.6. The number of carbonyl (C=O) groups excluding carboxylic acids is 1. The Balaban J connectivity index is 1.80. The maximum Gasteiger partial charge on any atom is 0.269 e. The van der Waals surface area contributed by atoms with Crippen molar-refractivity contribution >= 4 is 17.5 Å². The molecule has 0 radical (unpaired) electrons. The number of nitrogens with zero attached hydrogens (tertiary/aromatic N) is 3. The number of hydrogen-bond donors (Lipinski definition) is 0. The molecular formula is C19H15N3O3. The smallest absolute Gasteiger partial charge is 0.269 e. The van der Waals surface area contributed by atoms with Crippen molar-refractivity contribution in [2.24, 2.45) is 0 Å². The summed E-state index contributed by atoms with van der Waals surface area (Å²) in [6.07, 6.45) is 4.62. The molecular weight excluding hydrogens is 318 g/mol. The first kappa shape index (κ1) is 16.3. The topological polar surface area (TPSA) is 78.0 Å². The van der Waals surface area contributed by atoms with Gasteiger partial charge in [0.2, 0.25) is 0 Å². The highest BCUT2D eigenvalue weighted by Crippen LogP contribution is 2.16. The maximum absolute atomic E-state index is 12.4. The summed E-state index contributed by atoms with van der Waals surface area (Å²) in [5.41, 5.74) is 2.89. The second-order valence-electron chi connectivity index (χ2n) is 5.44. The molecule has 3 rings (SSSR count). The highest BCUT2D eigenvalue weighted by Gasteiger charge is 2.13. The molecule has 3 aromatic rings. The van der Waals surface area contributed by atoms with Gasteiger partial charge in [-0.1, -0.05) is 24.3 Å². The van der Waals surface area contributed by atoms with Crippen molar-refractivity contribution in [1.29, 1.82) is 0 Å². The zero-order valence-corrected chi connectivity index (χ0v) is 13.5. The zero-order valence-electron chi connectivity index (χ0n) is 13.5. The van der Waals surface area contributed by atoms with Crippen molar-refractivity contribution in [2.75, 3.05) is 0 Å². The van der Waals surface area contributed by atoms with Gasteiger partial charge in [-0.25, -0.2) is 4.68 Å². The lowest BCUT2D eigenvalue weighted by Crippen LogP contribution is -2.01. The Labute approximate surface area is 144 Å². The minimum Gasteiger partial charge on any atom is -0.289 e. The number of ketones is 1. The standard InChI is InChI=1S/C19H15N3O3/c1-14-18(13-20-21(14)16-5-3-2-4-6-16)19(23)12-9-15-7-10-17(11-8-15)22(24)25/h2-13H,1H3/b12-9+. The van der Waals surface area contributed by atoms with Crippen LogP contribution in [-0.2, 0) is 0 Å². The fraction of sp³-hybridized carbons (Fsp3) is 0.0526. The quantitative estimate of drug-likeness (QED) is 0.306. The van der Waals surface area contributed by atoms with Crippen LogP contribution in [0.25, 0.3) is 11.8 Å². The van der Waals surface area contributed by atoms with Gasteiger partial charge >= 0.3 is 0 Å². The first-order chi connectivity index (χ1) is 12.1. The van der Waals surface area contributed by atoms with Crippen molar-refractivity contribution in [3.8, 4) is 5.69 Å². The monoisotopic (exact) mass is 333 g/mol. The molecule has 6 nitrogen and oxygen atoms in total. The second-order valence-corrected chi connectivity index (χ2v) is 5.44. The summed E-state index contributed by atoms with van der Waals surface area (Å²) in [5.74, 6) is -0.168. The van der Waals surface area contributed by atoms with Crippen LogP contribution in [0.2, 0.25) is 0 Å². The molecule has 0 aliphatic rings. The van der Waals surface area contributed by atoms with E-state index in [1.54, 1.807) is 29.1 Å². The molecule has 0 amide bonds. The summed E-state index contributed by atoms with van der Waals surface area (Å²) >= 11 is 0. The van der Waals surface area contributed by atoms with Crippen LogP contribution in [0.5, 0.6) is 0 Å². The molecule has 2 aromatic carbocycles. The largest absolute Gasteiger partial charge is 0.289 e. The average Bonchev–Trinajstić information content (AvgIpc) is 3.02. The normalized spacial score (nSPS) is 10.9. The molecule has 0 N–H and O–H groups in total. The molecule has 1 aromatic heterocycles. The second kappa shape index (κ2) is 6.92. The number of nitro benzene ring substituents is 1. The average molecular weight is 333 g/mol. The van der Waals surface area contributed by atoms with Crippen molar-refractivity contribution < 1.29 is 9.72 Å². The highest BCUT2D eigenvalue weighted by molar-refractivity contribution is 6.07. The van der Waals surface area contributed by atoms with Crippen LogP contribution >= 0.6 is 0 Å². The lowest BCUT2D eigenvalue weighted by molar-refractivity contribution is -0.384. The summed E-state index contributed by atoms with van der Waals surface area (Å²) in [5, 5.41) is 14.9. The summed E-state index contributed by atoms with van der Waals surface area (Å²) < 4.78 is 1.72. The Morgan fingerprint density at radius 1 is 1.12 bits per heavy atom. The number of hydrogen-bond acceptors (Lipinski definition) is 4. The number of benzene rings is 2. The Morgan fingerprint density at radius 2 is 1.80 bits per heavy atom. The summed E-state index contributed by atoms with van der Waals surface area (Å²) in [6, 6.07) is 15.6. The predicted molar refractivity (Wildman–Crippen MR) is 94.8 cm³/mol. The fourth-order valence-corrected chi connectivity index (χ4v) is 2.45. The first-order valence-corrected chi connectivity index (χ1v) is 7.63. The van der Waals surface area contributed by atoms with E-state index < -0.39 is 4.92 Å². The van der Waals surface area contributed by atoms with Gasteiger partial charge in [-0.2, -0.15) is 5.10 Å². The molecule has 0 saturated carbocycles. The first-order valence-electron chi connectivity index (χ1n) is 7.63. The number of rotatable bonds is 5. The summed E-state index contributed by atoms with van der Waals surface area (Å²) in [7, 11) is 0. The number of carbonyl (C=O) groups is 1. The molecule has 6 heteroatoms. The molecule has 1 heterocycles. The molecule has 0 bridgehead atoms. The molecule has 0 spiro atoms. The molecule has 0 aliphatic carbocycles. The number of nitro groups is 1. The number of aromatic nitrogens is 2. The lowest BCUT2D eigenvalue weighted by Gasteiger charge is -2.04. The van der Waals surface area contributed by atoms with Gasteiger partial charge in [0.05, 0.1) is 28.1 Å². The number of non-ortho nitro benzene ring substituents is 1. The van der Waals surface area contributed by atoms with Crippen molar-refractivity contribution in [1.82, 2.24) is 9.78 Å². The molecule has 0 saturated heterocycles. The van der Waals surface area contributed by atoms with Gasteiger partial charge < -0.3 is 0 Å².